The first-order valence-corrected chi connectivity index (χ1v) is 9.15. The molecule has 0 spiro atoms. The van der Waals surface area contributed by atoms with Crippen molar-refractivity contribution in [3.05, 3.63) is 71.5 Å². The zero-order valence-corrected chi connectivity index (χ0v) is 14.8. The number of hydrogen-bond acceptors (Lipinski definition) is 5. The smallest absolute Gasteiger partial charge is 0.246 e. The number of fused-ring (bicyclic) bond motifs is 1. The molecule has 4 rings (SSSR count). The molecule has 7 heteroatoms. The Morgan fingerprint density at radius 1 is 1.00 bits per heavy atom. The van der Waals surface area contributed by atoms with Crippen molar-refractivity contribution < 1.29 is 4.79 Å². The molecule has 130 valence electrons. The molecule has 4 aromatic rings. The minimum atomic E-state index is -0.140. The number of benzene rings is 2. The summed E-state index contributed by atoms with van der Waals surface area (Å²) in [4.78, 5) is 16.6. The van der Waals surface area contributed by atoms with Gasteiger partial charge in [-0.25, -0.2) is 4.98 Å². The minimum Gasteiger partial charge on any atom is -0.321 e. The van der Waals surface area contributed by atoms with Crippen molar-refractivity contribution in [2.24, 2.45) is 0 Å². The average Bonchev–Trinajstić information content (AvgIpc) is 3.28. The molecule has 0 aliphatic carbocycles. The highest BCUT2D eigenvalue weighted by Gasteiger charge is 2.10. The third-order valence-electron chi connectivity index (χ3n) is 4.02. The quantitative estimate of drug-likeness (QED) is 0.570. The monoisotopic (exact) mass is 363 g/mol. The number of hydrogen-bond donors (Lipinski definition) is 1. The van der Waals surface area contributed by atoms with E-state index < -0.39 is 0 Å². The molecule has 2 heterocycles. The first-order chi connectivity index (χ1) is 12.8. The molecule has 26 heavy (non-hydrogen) atoms. The number of imidazole rings is 1. The van der Waals surface area contributed by atoms with Crippen molar-refractivity contribution in [2.75, 3.05) is 5.32 Å². The van der Waals surface area contributed by atoms with Crippen molar-refractivity contribution in [3.63, 3.8) is 0 Å². The van der Waals surface area contributed by atoms with Crippen molar-refractivity contribution in [3.8, 4) is 0 Å². The van der Waals surface area contributed by atoms with Gasteiger partial charge in [0.1, 0.15) is 11.6 Å². The molecular formula is C19H17N5OS. The van der Waals surface area contributed by atoms with Crippen LogP contribution in [0.25, 0.3) is 11.0 Å². The minimum absolute atomic E-state index is 0.140. The van der Waals surface area contributed by atoms with Crippen molar-refractivity contribution in [2.45, 2.75) is 19.4 Å². The second-order valence-corrected chi connectivity index (χ2v) is 6.96. The topological polar surface area (TPSA) is 72.7 Å². The number of nitrogens with one attached hydrogen (secondary N) is 1. The number of carbonyl (C=O) groups excluding carboxylic acids is 1. The summed E-state index contributed by atoms with van der Waals surface area (Å²) in [6, 6.07) is 18.0. The Bertz CT molecular complexity index is 1020. The molecule has 0 bridgehead atoms. The Kier molecular flexibility index (Phi) is 4.70. The first-order valence-electron chi connectivity index (χ1n) is 8.34. The van der Waals surface area contributed by atoms with Crippen LogP contribution in [0.1, 0.15) is 10.6 Å². The molecule has 1 amide bonds. The van der Waals surface area contributed by atoms with Crippen LogP contribution in [0.4, 0.5) is 5.13 Å². The van der Waals surface area contributed by atoms with E-state index in [1.807, 2.05) is 47.0 Å². The lowest BCUT2D eigenvalue weighted by Gasteiger charge is -2.03. The maximum atomic E-state index is 12.3. The van der Waals surface area contributed by atoms with Crippen molar-refractivity contribution >= 4 is 33.4 Å². The van der Waals surface area contributed by atoms with Crippen molar-refractivity contribution in [1.29, 1.82) is 0 Å². The average molecular weight is 363 g/mol. The molecule has 0 unspecified atom stereocenters. The van der Waals surface area contributed by atoms with Crippen LogP contribution in [0.2, 0.25) is 0 Å². The summed E-state index contributed by atoms with van der Waals surface area (Å²) < 4.78 is 1.82. The zero-order valence-electron chi connectivity index (χ0n) is 14.0. The molecule has 1 N–H and O–H groups in total. The molecule has 6 nitrogen and oxygen atoms in total. The fraction of sp³-hybridized carbons (Fsp3) is 0.158. The standard InChI is InChI=1S/C19H17N5OS/c25-17(12-24-13-20-15-8-4-5-9-16(15)24)21-19-23-22-18(26-19)11-10-14-6-2-1-3-7-14/h1-9,13H,10-12H2,(H,21,23,25). The molecular weight excluding hydrogens is 346 g/mol. The normalized spacial score (nSPS) is 10.9. The van der Waals surface area contributed by atoms with Gasteiger partial charge in [-0.3, -0.25) is 10.1 Å². The van der Waals surface area contributed by atoms with Gasteiger partial charge in [-0.15, -0.1) is 10.2 Å². The molecule has 2 aromatic carbocycles. The van der Waals surface area contributed by atoms with Gasteiger partial charge in [-0.1, -0.05) is 53.8 Å². The molecule has 0 saturated carbocycles. The molecule has 0 aliphatic rings. The highest BCUT2D eigenvalue weighted by Crippen LogP contribution is 2.18. The number of amides is 1. The lowest BCUT2D eigenvalue weighted by molar-refractivity contribution is -0.116. The number of carbonyl (C=O) groups is 1. The summed E-state index contributed by atoms with van der Waals surface area (Å²) in [5.74, 6) is -0.140. The van der Waals surface area contributed by atoms with E-state index >= 15 is 0 Å². The number of aromatic nitrogens is 4. The van der Waals surface area contributed by atoms with E-state index in [-0.39, 0.29) is 12.5 Å². The Morgan fingerprint density at radius 3 is 2.69 bits per heavy atom. The molecule has 0 atom stereocenters. The number of anilines is 1. The van der Waals surface area contributed by atoms with Gasteiger partial charge < -0.3 is 4.57 Å². The summed E-state index contributed by atoms with van der Waals surface area (Å²) in [7, 11) is 0. The number of aryl methyl sites for hydroxylation is 2. The number of rotatable bonds is 6. The van der Waals surface area contributed by atoms with Crippen LogP contribution in [-0.2, 0) is 24.2 Å². The van der Waals surface area contributed by atoms with Gasteiger partial charge in [0.05, 0.1) is 17.4 Å². The summed E-state index contributed by atoms with van der Waals surface area (Å²) in [5, 5.41) is 12.5. The van der Waals surface area contributed by atoms with E-state index in [1.165, 1.54) is 16.9 Å². The molecule has 0 fully saturated rings. The lowest BCUT2D eigenvalue weighted by atomic mass is 10.1. The van der Waals surface area contributed by atoms with E-state index in [1.54, 1.807) is 6.33 Å². The van der Waals surface area contributed by atoms with Crippen LogP contribution in [0, 0.1) is 0 Å². The molecule has 0 saturated heterocycles. The second kappa shape index (κ2) is 7.45. The third kappa shape index (κ3) is 3.78. The van der Waals surface area contributed by atoms with Gasteiger partial charge in [0.25, 0.3) is 0 Å². The van der Waals surface area contributed by atoms with Crippen LogP contribution < -0.4 is 5.32 Å². The second-order valence-electron chi connectivity index (χ2n) is 5.90. The predicted molar refractivity (Wildman–Crippen MR) is 102 cm³/mol. The lowest BCUT2D eigenvalue weighted by Crippen LogP contribution is -2.18. The Balaban J connectivity index is 1.35. The Morgan fingerprint density at radius 2 is 1.81 bits per heavy atom. The highest BCUT2D eigenvalue weighted by molar-refractivity contribution is 7.15. The Hall–Kier alpha value is -3.06. The van der Waals surface area contributed by atoms with Crippen LogP contribution in [-0.4, -0.2) is 25.7 Å². The summed E-state index contributed by atoms with van der Waals surface area (Å²) in [6.45, 7) is 0.194. The predicted octanol–water partition coefficient (Wildman–Crippen LogP) is 3.31. The van der Waals surface area contributed by atoms with E-state index in [4.69, 9.17) is 0 Å². The maximum absolute atomic E-state index is 12.3. The van der Waals surface area contributed by atoms with Gasteiger partial charge in [-0.05, 0) is 24.1 Å². The zero-order chi connectivity index (χ0) is 17.8. The molecule has 0 radical (unpaired) electrons. The number of nitrogens with zero attached hydrogens (tertiary/aromatic N) is 4. The fourth-order valence-corrected chi connectivity index (χ4v) is 3.51. The summed E-state index contributed by atoms with van der Waals surface area (Å²) in [6.07, 6.45) is 3.39. The highest BCUT2D eigenvalue weighted by atomic mass is 32.1. The summed E-state index contributed by atoms with van der Waals surface area (Å²) >= 11 is 1.42. The maximum Gasteiger partial charge on any atom is 0.246 e. The van der Waals surface area contributed by atoms with Gasteiger partial charge in [0.15, 0.2) is 0 Å². The van der Waals surface area contributed by atoms with E-state index in [9.17, 15) is 4.79 Å². The third-order valence-corrected chi connectivity index (χ3v) is 4.92. The van der Waals surface area contributed by atoms with E-state index in [2.05, 4.69) is 32.6 Å². The first kappa shape index (κ1) is 16.4. The van der Waals surface area contributed by atoms with E-state index in [0.717, 1.165) is 28.9 Å². The largest absolute Gasteiger partial charge is 0.321 e. The molecule has 0 aliphatic heterocycles. The fourth-order valence-electron chi connectivity index (χ4n) is 2.75. The molecule has 2 aromatic heterocycles. The Labute approximate surface area is 154 Å². The summed E-state index contributed by atoms with van der Waals surface area (Å²) in [5.41, 5.74) is 3.07. The van der Waals surface area contributed by atoms with Gasteiger partial charge in [-0.2, -0.15) is 0 Å². The SMILES string of the molecule is O=C(Cn1cnc2ccccc21)Nc1nnc(CCc2ccccc2)s1. The van der Waals surface area contributed by atoms with Crippen LogP contribution in [0.15, 0.2) is 60.9 Å². The van der Waals surface area contributed by atoms with Crippen LogP contribution in [0.5, 0.6) is 0 Å². The van der Waals surface area contributed by atoms with Gasteiger partial charge in [0.2, 0.25) is 11.0 Å². The van der Waals surface area contributed by atoms with Gasteiger partial charge in [0, 0.05) is 6.42 Å². The van der Waals surface area contributed by atoms with Crippen LogP contribution in [0.3, 0.4) is 0 Å². The van der Waals surface area contributed by atoms with Crippen molar-refractivity contribution in [1.82, 2.24) is 19.7 Å². The van der Waals surface area contributed by atoms with E-state index in [0.29, 0.717) is 5.13 Å². The van der Waals surface area contributed by atoms with Gasteiger partial charge >= 0.3 is 0 Å². The number of para-hydroxylation sites is 2. The van der Waals surface area contributed by atoms with Crippen LogP contribution >= 0.6 is 11.3 Å².